The molecule has 0 spiro atoms. The van der Waals surface area contributed by atoms with E-state index in [0.717, 1.165) is 36.2 Å². The average molecular weight is 329 g/mol. The third-order valence-corrected chi connectivity index (χ3v) is 4.46. The summed E-state index contributed by atoms with van der Waals surface area (Å²) in [6.07, 6.45) is 2.09. The summed E-state index contributed by atoms with van der Waals surface area (Å²) < 4.78 is 19.1. The number of fused-ring (bicyclic) bond motifs is 1. The van der Waals surface area contributed by atoms with E-state index in [1.54, 1.807) is 6.07 Å². The molecular formula is C17H20FN5O. The van der Waals surface area contributed by atoms with Crippen LogP contribution in [-0.2, 0) is 6.54 Å². The van der Waals surface area contributed by atoms with E-state index in [9.17, 15) is 4.39 Å². The number of aromatic nitrogens is 4. The van der Waals surface area contributed by atoms with Crippen LogP contribution in [0.4, 0.5) is 4.39 Å². The summed E-state index contributed by atoms with van der Waals surface area (Å²) in [4.78, 5) is 10.2. The van der Waals surface area contributed by atoms with Crippen LogP contribution in [0.1, 0.15) is 56.3 Å². The molecule has 3 aromatic rings. The Balaban J connectivity index is 1.56. The first-order chi connectivity index (χ1) is 11.6. The highest BCUT2D eigenvalue weighted by molar-refractivity contribution is 5.75. The molecule has 0 radical (unpaired) electrons. The predicted octanol–water partition coefficient (Wildman–Crippen LogP) is 3.55. The number of hydrogen-bond acceptors (Lipinski definition) is 5. The molecule has 1 aromatic carbocycles. The van der Waals surface area contributed by atoms with Crippen LogP contribution >= 0.6 is 0 Å². The summed E-state index contributed by atoms with van der Waals surface area (Å²) in [6.45, 7) is 5.62. The number of likely N-dealkylation sites (tertiary alicyclic amines) is 1. The van der Waals surface area contributed by atoms with Crippen molar-refractivity contribution < 1.29 is 8.81 Å². The molecule has 1 atom stereocenters. The molecule has 3 heterocycles. The molecule has 0 amide bonds. The molecule has 1 saturated heterocycles. The van der Waals surface area contributed by atoms with Crippen LogP contribution < -0.4 is 0 Å². The summed E-state index contributed by atoms with van der Waals surface area (Å²) in [6, 6.07) is 4.79. The van der Waals surface area contributed by atoms with E-state index in [0.29, 0.717) is 18.3 Å². The summed E-state index contributed by atoms with van der Waals surface area (Å²) in [5.41, 5.74) is 1.52. The SMILES string of the molecule is CC(C)c1nnc(CN2CCC[C@@H]2c2nc3ccc(F)cc3[nH]2)o1. The first-order valence-electron chi connectivity index (χ1n) is 8.31. The first kappa shape index (κ1) is 15.3. The quantitative estimate of drug-likeness (QED) is 0.792. The molecule has 4 rings (SSSR count). The molecule has 0 aliphatic carbocycles. The molecule has 0 bridgehead atoms. The minimum absolute atomic E-state index is 0.162. The number of H-pyrrole nitrogens is 1. The van der Waals surface area contributed by atoms with E-state index < -0.39 is 0 Å². The van der Waals surface area contributed by atoms with Gasteiger partial charge in [-0.05, 0) is 37.6 Å². The van der Waals surface area contributed by atoms with Gasteiger partial charge in [0.2, 0.25) is 11.8 Å². The van der Waals surface area contributed by atoms with Gasteiger partial charge in [0.1, 0.15) is 11.6 Å². The second kappa shape index (κ2) is 5.98. The fraction of sp³-hybridized carbons (Fsp3) is 0.471. The lowest BCUT2D eigenvalue weighted by molar-refractivity contribution is 0.215. The Labute approximate surface area is 139 Å². The maximum atomic E-state index is 13.4. The molecule has 126 valence electrons. The largest absolute Gasteiger partial charge is 0.424 e. The number of rotatable bonds is 4. The number of benzene rings is 1. The molecule has 1 aliphatic heterocycles. The van der Waals surface area contributed by atoms with E-state index in [1.165, 1.54) is 12.1 Å². The minimum Gasteiger partial charge on any atom is -0.424 e. The Bertz CT molecular complexity index is 856. The van der Waals surface area contributed by atoms with Crippen LogP contribution in [0, 0.1) is 5.82 Å². The zero-order chi connectivity index (χ0) is 16.7. The third kappa shape index (κ3) is 2.80. The van der Waals surface area contributed by atoms with Crippen LogP contribution in [0.3, 0.4) is 0 Å². The lowest BCUT2D eigenvalue weighted by Gasteiger charge is -2.20. The topological polar surface area (TPSA) is 70.8 Å². The molecule has 0 saturated carbocycles. The van der Waals surface area contributed by atoms with Crippen molar-refractivity contribution in [2.75, 3.05) is 6.54 Å². The van der Waals surface area contributed by atoms with Gasteiger partial charge in [0.05, 0.1) is 23.6 Å². The van der Waals surface area contributed by atoms with E-state index in [1.807, 2.05) is 13.8 Å². The van der Waals surface area contributed by atoms with Crippen molar-refractivity contribution in [3.63, 3.8) is 0 Å². The molecule has 24 heavy (non-hydrogen) atoms. The van der Waals surface area contributed by atoms with Crippen molar-refractivity contribution in [2.24, 2.45) is 0 Å². The van der Waals surface area contributed by atoms with Crippen molar-refractivity contribution in [1.82, 2.24) is 25.1 Å². The first-order valence-corrected chi connectivity index (χ1v) is 8.31. The Morgan fingerprint density at radius 1 is 1.38 bits per heavy atom. The normalized spacial score (nSPS) is 18.9. The van der Waals surface area contributed by atoms with E-state index in [2.05, 4.69) is 25.1 Å². The smallest absolute Gasteiger partial charge is 0.230 e. The van der Waals surface area contributed by atoms with E-state index in [-0.39, 0.29) is 17.8 Å². The molecule has 2 aromatic heterocycles. The molecule has 1 fully saturated rings. The van der Waals surface area contributed by atoms with Crippen LogP contribution in [-0.4, -0.2) is 31.6 Å². The number of nitrogens with one attached hydrogen (secondary N) is 1. The number of hydrogen-bond donors (Lipinski definition) is 1. The van der Waals surface area contributed by atoms with Crippen molar-refractivity contribution in [3.8, 4) is 0 Å². The Morgan fingerprint density at radius 2 is 2.25 bits per heavy atom. The fourth-order valence-electron chi connectivity index (χ4n) is 3.22. The van der Waals surface area contributed by atoms with Crippen LogP contribution in [0.25, 0.3) is 11.0 Å². The summed E-state index contributed by atoms with van der Waals surface area (Å²) in [7, 11) is 0. The Morgan fingerprint density at radius 3 is 3.04 bits per heavy atom. The molecule has 0 unspecified atom stereocenters. The number of nitrogens with zero attached hydrogens (tertiary/aromatic N) is 4. The molecule has 1 N–H and O–H groups in total. The molecule has 7 heteroatoms. The zero-order valence-electron chi connectivity index (χ0n) is 13.8. The second-order valence-corrected chi connectivity index (χ2v) is 6.60. The standard InChI is InChI=1S/C17H20FN5O/c1-10(2)17-22-21-15(24-17)9-23-7-3-4-14(23)16-19-12-6-5-11(18)8-13(12)20-16/h5-6,8,10,14H,3-4,7,9H2,1-2H3,(H,19,20)/t14-/m1/s1. The third-order valence-electron chi connectivity index (χ3n) is 4.46. The Hall–Kier alpha value is -2.28. The number of aromatic amines is 1. The lowest BCUT2D eigenvalue weighted by atomic mass is 10.2. The van der Waals surface area contributed by atoms with Gasteiger partial charge in [0, 0.05) is 5.92 Å². The molecular weight excluding hydrogens is 309 g/mol. The van der Waals surface area contributed by atoms with Crippen LogP contribution in [0.2, 0.25) is 0 Å². The maximum absolute atomic E-state index is 13.4. The van der Waals surface area contributed by atoms with E-state index in [4.69, 9.17) is 4.42 Å². The van der Waals surface area contributed by atoms with Crippen molar-refractivity contribution in [3.05, 3.63) is 41.6 Å². The maximum Gasteiger partial charge on any atom is 0.230 e. The fourth-order valence-corrected chi connectivity index (χ4v) is 3.22. The number of imidazole rings is 1. The van der Waals surface area contributed by atoms with E-state index >= 15 is 0 Å². The second-order valence-electron chi connectivity index (χ2n) is 6.60. The van der Waals surface area contributed by atoms with Crippen molar-refractivity contribution in [1.29, 1.82) is 0 Å². The van der Waals surface area contributed by atoms with Crippen molar-refractivity contribution >= 4 is 11.0 Å². The Kier molecular flexibility index (Phi) is 3.80. The van der Waals surface area contributed by atoms with Gasteiger partial charge in [-0.1, -0.05) is 13.8 Å². The van der Waals surface area contributed by atoms with Gasteiger partial charge in [-0.15, -0.1) is 10.2 Å². The monoisotopic (exact) mass is 329 g/mol. The van der Waals surface area contributed by atoms with Gasteiger partial charge in [0.15, 0.2) is 0 Å². The average Bonchev–Trinajstić information content (AvgIpc) is 3.25. The highest BCUT2D eigenvalue weighted by Crippen LogP contribution is 2.32. The zero-order valence-corrected chi connectivity index (χ0v) is 13.8. The highest BCUT2D eigenvalue weighted by Gasteiger charge is 2.30. The van der Waals surface area contributed by atoms with Gasteiger partial charge in [-0.3, -0.25) is 4.90 Å². The van der Waals surface area contributed by atoms with Crippen LogP contribution in [0.15, 0.2) is 22.6 Å². The lowest BCUT2D eigenvalue weighted by Crippen LogP contribution is -2.23. The van der Waals surface area contributed by atoms with Crippen LogP contribution in [0.5, 0.6) is 0 Å². The summed E-state index contributed by atoms with van der Waals surface area (Å²) in [5, 5.41) is 8.24. The minimum atomic E-state index is -0.256. The van der Waals surface area contributed by atoms with Gasteiger partial charge in [-0.25, -0.2) is 9.37 Å². The molecule has 1 aliphatic rings. The van der Waals surface area contributed by atoms with Gasteiger partial charge in [-0.2, -0.15) is 0 Å². The van der Waals surface area contributed by atoms with Gasteiger partial charge >= 0.3 is 0 Å². The highest BCUT2D eigenvalue weighted by atomic mass is 19.1. The summed E-state index contributed by atoms with van der Waals surface area (Å²) in [5.74, 6) is 2.14. The number of halogens is 1. The van der Waals surface area contributed by atoms with Gasteiger partial charge in [0.25, 0.3) is 0 Å². The molecule has 6 nitrogen and oxygen atoms in total. The van der Waals surface area contributed by atoms with Gasteiger partial charge < -0.3 is 9.40 Å². The summed E-state index contributed by atoms with van der Waals surface area (Å²) >= 11 is 0. The predicted molar refractivity (Wildman–Crippen MR) is 86.8 cm³/mol. The van der Waals surface area contributed by atoms with Crippen molar-refractivity contribution in [2.45, 2.75) is 45.2 Å².